The summed E-state index contributed by atoms with van der Waals surface area (Å²) in [6, 6.07) is 0. The molecule has 0 radical (unpaired) electrons. The molecule has 4 atom stereocenters. The van der Waals surface area contributed by atoms with E-state index >= 15 is 0 Å². The summed E-state index contributed by atoms with van der Waals surface area (Å²) in [7, 11) is 0. The minimum atomic E-state index is -1.59. The van der Waals surface area contributed by atoms with Gasteiger partial charge in [0.15, 0.2) is 0 Å². The smallest absolute Gasteiger partial charge is 0.275 e. The van der Waals surface area contributed by atoms with Gasteiger partial charge in [-0.3, -0.25) is 4.79 Å². The van der Waals surface area contributed by atoms with Crippen LogP contribution in [-0.2, 0) is 4.74 Å². The second-order valence-electron chi connectivity index (χ2n) is 5.11. The molecule has 1 aliphatic rings. The van der Waals surface area contributed by atoms with Crippen molar-refractivity contribution in [1.82, 2.24) is 15.0 Å². The highest BCUT2D eigenvalue weighted by Gasteiger charge is 2.53. The number of nitrogens with zero attached hydrogens (tertiary/aromatic N) is 1. The minimum absolute atomic E-state index is 0.267. The molecule has 2 aromatic heterocycles. The summed E-state index contributed by atoms with van der Waals surface area (Å²) < 4.78 is 5.51. The molecule has 1 saturated heterocycles. The van der Waals surface area contributed by atoms with Crippen molar-refractivity contribution in [2.75, 3.05) is 6.61 Å². The molecule has 0 aliphatic carbocycles. The lowest BCUT2D eigenvalue weighted by Crippen LogP contribution is -2.42. The van der Waals surface area contributed by atoms with Gasteiger partial charge in [-0.2, -0.15) is 0 Å². The van der Waals surface area contributed by atoms with Gasteiger partial charge in [-0.1, -0.05) is 0 Å². The molecule has 20 heavy (non-hydrogen) atoms. The molecule has 0 spiro atoms. The maximum atomic E-state index is 11.6. The van der Waals surface area contributed by atoms with E-state index in [4.69, 9.17) is 9.84 Å². The predicted octanol–water partition coefficient (Wildman–Crippen LogP) is -1.20. The molecule has 0 aromatic carbocycles. The van der Waals surface area contributed by atoms with Crippen LogP contribution in [0.15, 0.2) is 17.3 Å². The standard InChI is InChI=1S/C12H15N3O5/c1-12(19)9(17)6(3-16)20-10(12)5-2-13-8-7(5)14-4-15-11(8)18/h2,4,6,9-10,13,16-17,19H,3H2,1H3,(H,14,15,18)/t6-,9?,10+,12+/m1/s1. The maximum absolute atomic E-state index is 11.6. The van der Waals surface area contributed by atoms with Crippen molar-refractivity contribution in [3.05, 3.63) is 28.4 Å². The van der Waals surface area contributed by atoms with Crippen molar-refractivity contribution in [1.29, 1.82) is 0 Å². The first-order valence-corrected chi connectivity index (χ1v) is 6.18. The van der Waals surface area contributed by atoms with Gasteiger partial charge in [-0.05, 0) is 6.92 Å². The van der Waals surface area contributed by atoms with Gasteiger partial charge in [0.1, 0.15) is 34.9 Å². The van der Waals surface area contributed by atoms with Gasteiger partial charge in [-0.15, -0.1) is 0 Å². The highest BCUT2D eigenvalue weighted by molar-refractivity contribution is 5.78. The van der Waals surface area contributed by atoms with Crippen LogP contribution < -0.4 is 5.56 Å². The van der Waals surface area contributed by atoms with E-state index < -0.39 is 30.5 Å². The quantitative estimate of drug-likeness (QED) is 0.469. The summed E-state index contributed by atoms with van der Waals surface area (Å²) in [5.74, 6) is 0. The Morgan fingerprint density at radius 2 is 2.25 bits per heavy atom. The first-order valence-electron chi connectivity index (χ1n) is 6.18. The second-order valence-corrected chi connectivity index (χ2v) is 5.11. The van der Waals surface area contributed by atoms with Crippen molar-refractivity contribution in [3.8, 4) is 0 Å². The highest BCUT2D eigenvalue weighted by Crippen LogP contribution is 2.42. The maximum Gasteiger partial charge on any atom is 0.275 e. The lowest BCUT2D eigenvalue weighted by atomic mass is 9.89. The molecule has 1 unspecified atom stereocenters. The first-order chi connectivity index (χ1) is 9.46. The number of fused-ring (bicyclic) bond motifs is 1. The lowest BCUT2D eigenvalue weighted by molar-refractivity contribution is -0.0641. The van der Waals surface area contributed by atoms with Crippen LogP contribution in [0.3, 0.4) is 0 Å². The number of ether oxygens (including phenoxy) is 1. The van der Waals surface area contributed by atoms with E-state index in [0.717, 1.165) is 0 Å². The van der Waals surface area contributed by atoms with Gasteiger partial charge in [0, 0.05) is 11.8 Å². The topological polar surface area (TPSA) is 131 Å². The highest BCUT2D eigenvalue weighted by atomic mass is 16.6. The summed E-state index contributed by atoms with van der Waals surface area (Å²) in [6.07, 6.45) is -0.242. The second kappa shape index (κ2) is 4.38. The van der Waals surface area contributed by atoms with E-state index in [1.807, 2.05) is 0 Å². The third-order valence-electron chi connectivity index (χ3n) is 3.75. The van der Waals surface area contributed by atoms with Crippen molar-refractivity contribution in [3.63, 3.8) is 0 Å². The van der Waals surface area contributed by atoms with Crippen molar-refractivity contribution in [2.45, 2.75) is 30.8 Å². The molecule has 1 aliphatic heterocycles. The predicted molar refractivity (Wildman–Crippen MR) is 68.0 cm³/mol. The largest absolute Gasteiger partial charge is 0.394 e. The molecule has 0 bridgehead atoms. The van der Waals surface area contributed by atoms with Crippen LogP contribution in [0.1, 0.15) is 18.6 Å². The van der Waals surface area contributed by atoms with E-state index in [2.05, 4.69) is 15.0 Å². The zero-order valence-corrected chi connectivity index (χ0v) is 10.7. The average molecular weight is 281 g/mol. The van der Waals surface area contributed by atoms with Gasteiger partial charge < -0.3 is 30.0 Å². The zero-order valence-electron chi connectivity index (χ0n) is 10.7. The number of aliphatic hydroxyl groups is 3. The Balaban J connectivity index is 2.12. The molecule has 8 nitrogen and oxygen atoms in total. The van der Waals surface area contributed by atoms with Crippen LogP contribution in [0.25, 0.3) is 11.0 Å². The summed E-state index contributed by atoms with van der Waals surface area (Å²) in [6.45, 7) is 1.01. The fourth-order valence-corrected chi connectivity index (χ4v) is 2.62. The number of aromatic nitrogens is 3. The molecule has 3 rings (SSSR count). The molecular weight excluding hydrogens is 266 g/mol. The normalized spacial score (nSPS) is 33.9. The van der Waals surface area contributed by atoms with Crippen LogP contribution in [0.2, 0.25) is 0 Å². The molecule has 5 N–H and O–H groups in total. The van der Waals surface area contributed by atoms with E-state index in [9.17, 15) is 15.0 Å². The first kappa shape index (κ1) is 13.3. The van der Waals surface area contributed by atoms with Crippen molar-refractivity contribution < 1.29 is 20.1 Å². The Morgan fingerprint density at radius 1 is 1.50 bits per heavy atom. The van der Waals surface area contributed by atoms with Gasteiger partial charge in [0.05, 0.1) is 12.9 Å². The molecule has 0 saturated carbocycles. The fourth-order valence-electron chi connectivity index (χ4n) is 2.62. The summed E-state index contributed by atoms with van der Waals surface area (Å²) >= 11 is 0. The number of aromatic amines is 2. The van der Waals surface area contributed by atoms with Gasteiger partial charge >= 0.3 is 0 Å². The van der Waals surface area contributed by atoms with Crippen LogP contribution in [0.4, 0.5) is 0 Å². The van der Waals surface area contributed by atoms with Crippen molar-refractivity contribution >= 4 is 11.0 Å². The van der Waals surface area contributed by atoms with Gasteiger partial charge in [-0.25, -0.2) is 4.98 Å². The number of H-pyrrole nitrogens is 2. The molecule has 8 heteroatoms. The number of nitrogens with one attached hydrogen (secondary N) is 2. The Morgan fingerprint density at radius 3 is 2.90 bits per heavy atom. The fraction of sp³-hybridized carbons (Fsp3) is 0.500. The Hall–Kier alpha value is -1.74. The average Bonchev–Trinajstić information content (AvgIpc) is 2.92. The van der Waals surface area contributed by atoms with Gasteiger partial charge in [0.2, 0.25) is 0 Å². The number of aliphatic hydroxyl groups excluding tert-OH is 2. The molecule has 108 valence electrons. The summed E-state index contributed by atoms with van der Waals surface area (Å²) in [5, 5.41) is 29.6. The number of rotatable bonds is 2. The Bertz CT molecular complexity index is 692. The molecule has 2 aromatic rings. The van der Waals surface area contributed by atoms with Crippen LogP contribution in [-0.4, -0.2) is 54.7 Å². The third-order valence-corrected chi connectivity index (χ3v) is 3.75. The molecular formula is C12H15N3O5. The van der Waals surface area contributed by atoms with E-state index in [-0.39, 0.29) is 11.1 Å². The van der Waals surface area contributed by atoms with E-state index in [1.54, 1.807) is 0 Å². The molecule has 1 fully saturated rings. The van der Waals surface area contributed by atoms with Crippen LogP contribution in [0.5, 0.6) is 0 Å². The summed E-state index contributed by atoms with van der Waals surface area (Å²) in [5.41, 5.74) is -0.829. The zero-order chi connectivity index (χ0) is 14.5. The van der Waals surface area contributed by atoms with Crippen LogP contribution >= 0.6 is 0 Å². The third kappa shape index (κ3) is 1.70. The Labute approximate surface area is 113 Å². The lowest BCUT2D eigenvalue weighted by Gasteiger charge is -2.26. The monoisotopic (exact) mass is 281 g/mol. The summed E-state index contributed by atoms with van der Waals surface area (Å²) in [4.78, 5) is 20.9. The number of hydrogen-bond acceptors (Lipinski definition) is 6. The molecule has 0 amide bonds. The van der Waals surface area contributed by atoms with Crippen molar-refractivity contribution in [2.24, 2.45) is 0 Å². The molecule has 3 heterocycles. The Kier molecular flexibility index (Phi) is 2.91. The minimum Gasteiger partial charge on any atom is -0.394 e. The van der Waals surface area contributed by atoms with Crippen LogP contribution in [0, 0.1) is 0 Å². The van der Waals surface area contributed by atoms with Gasteiger partial charge in [0.25, 0.3) is 5.56 Å². The van der Waals surface area contributed by atoms with E-state index in [1.165, 1.54) is 19.4 Å². The number of hydrogen-bond donors (Lipinski definition) is 5. The SMILES string of the molecule is C[C@]1(O)C(O)[C@@H](CO)O[C@H]1c1c[nH]c2c(=O)[nH]cnc12. The van der Waals surface area contributed by atoms with E-state index in [0.29, 0.717) is 11.1 Å².